The smallest absolute Gasteiger partial charge is 0.324 e. The van der Waals surface area contributed by atoms with E-state index in [2.05, 4.69) is 18.8 Å². The Hall–Kier alpha value is -1.67. The van der Waals surface area contributed by atoms with E-state index in [9.17, 15) is 9.59 Å². The van der Waals surface area contributed by atoms with E-state index in [4.69, 9.17) is 19.9 Å². The van der Waals surface area contributed by atoms with E-state index in [0.717, 1.165) is 6.42 Å². The molecule has 2 saturated heterocycles. The number of ether oxygens (including phenoxy) is 3. The molecule has 2 aliphatic rings. The lowest BCUT2D eigenvalue weighted by atomic mass is 9.78. The molecule has 7 nitrogen and oxygen atoms in total. The minimum Gasteiger partial charge on any atom is -0.459 e. The van der Waals surface area contributed by atoms with Crippen LogP contribution in [0.3, 0.4) is 0 Å². The summed E-state index contributed by atoms with van der Waals surface area (Å²) in [6.45, 7) is 6.91. The summed E-state index contributed by atoms with van der Waals surface area (Å²) < 4.78 is 16.6. The zero-order valence-electron chi connectivity index (χ0n) is 14.7. The minimum atomic E-state index is -1.26. The van der Waals surface area contributed by atoms with Gasteiger partial charge in [-0.05, 0) is 19.3 Å². The van der Waals surface area contributed by atoms with Crippen molar-refractivity contribution in [2.75, 3.05) is 18.9 Å². The first-order chi connectivity index (χ1) is 11.7. The van der Waals surface area contributed by atoms with E-state index in [0.29, 0.717) is 30.0 Å². The number of nitrogens with zero attached hydrogens (tertiary/aromatic N) is 1. The predicted molar refractivity (Wildman–Crippen MR) is 91.8 cm³/mol. The number of nitrogens with two attached hydrogens (primary N) is 1. The van der Waals surface area contributed by atoms with Gasteiger partial charge in [0.2, 0.25) is 0 Å². The number of esters is 2. The Balaban J connectivity index is 1.67. The van der Waals surface area contributed by atoms with Gasteiger partial charge in [0.15, 0.2) is 16.1 Å². The van der Waals surface area contributed by atoms with E-state index >= 15 is 0 Å². The van der Waals surface area contributed by atoms with Gasteiger partial charge < -0.3 is 19.9 Å². The van der Waals surface area contributed by atoms with Crippen molar-refractivity contribution >= 4 is 28.4 Å². The fourth-order valence-corrected chi connectivity index (χ4v) is 4.06. The molecule has 0 bridgehead atoms. The van der Waals surface area contributed by atoms with Crippen LogP contribution in [0.15, 0.2) is 5.38 Å². The predicted octanol–water partition coefficient (Wildman–Crippen LogP) is 2.25. The van der Waals surface area contributed by atoms with Crippen LogP contribution in [-0.4, -0.2) is 36.2 Å². The van der Waals surface area contributed by atoms with Crippen LogP contribution >= 0.6 is 11.3 Å². The van der Waals surface area contributed by atoms with Crippen LogP contribution < -0.4 is 5.73 Å². The Morgan fingerprint density at radius 3 is 2.84 bits per heavy atom. The molecule has 2 aliphatic heterocycles. The average molecular weight is 368 g/mol. The zero-order chi connectivity index (χ0) is 18.2. The van der Waals surface area contributed by atoms with Gasteiger partial charge in [-0.2, -0.15) is 0 Å². The molecule has 3 atom stereocenters. The van der Waals surface area contributed by atoms with Gasteiger partial charge >= 0.3 is 11.9 Å². The molecule has 0 aliphatic carbocycles. The highest BCUT2D eigenvalue weighted by atomic mass is 32.1. The number of nitrogen functional groups attached to an aromatic ring is 1. The summed E-state index contributed by atoms with van der Waals surface area (Å²) in [5.41, 5.74) is 4.03. The molecule has 0 aromatic carbocycles. The summed E-state index contributed by atoms with van der Waals surface area (Å²) in [5, 5.41) is 2.16. The van der Waals surface area contributed by atoms with Crippen LogP contribution in [0.1, 0.15) is 45.7 Å². The number of hydrogen-bond acceptors (Lipinski definition) is 8. The Morgan fingerprint density at radius 1 is 1.44 bits per heavy atom. The fourth-order valence-electron chi connectivity index (χ4n) is 3.38. The van der Waals surface area contributed by atoms with E-state index < -0.39 is 29.1 Å². The molecule has 0 amide bonds. The monoisotopic (exact) mass is 368 g/mol. The third-order valence-electron chi connectivity index (χ3n) is 4.80. The number of carbonyl (C=O) groups is 2. The van der Waals surface area contributed by atoms with Gasteiger partial charge in [0.25, 0.3) is 0 Å². The van der Waals surface area contributed by atoms with Crippen molar-refractivity contribution in [2.45, 2.75) is 51.7 Å². The summed E-state index contributed by atoms with van der Waals surface area (Å²) in [4.78, 5) is 29.2. The topological polar surface area (TPSA) is 101 Å². The second kappa shape index (κ2) is 6.57. The Kier molecular flexibility index (Phi) is 4.76. The second-order valence-electron chi connectivity index (χ2n) is 7.44. The van der Waals surface area contributed by atoms with E-state index in [-0.39, 0.29) is 12.8 Å². The highest BCUT2D eigenvalue weighted by molar-refractivity contribution is 7.13. The lowest BCUT2D eigenvalue weighted by Gasteiger charge is -2.20. The molecule has 2 N–H and O–H groups in total. The third kappa shape index (κ3) is 3.37. The summed E-state index contributed by atoms with van der Waals surface area (Å²) in [7, 11) is 0. The largest absolute Gasteiger partial charge is 0.459 e. The van der Waals surface area contributed by atoms with Crippen molar-refractivity contribution < 1.29 is 23.8 Å². The van der Waals surface area contributed by atoms with Crippen LogP contribution in [-0.2, 0) is 29.4 Å². The SMILES string of the molecule is CC(C)CCOC[C@@H]1C[C@@]2(C[C@](C)(c3csc(N)n3)OC2=O)C(=O)O1. The van der Waals surface area contributed by atoms with Crippen molar-refractivity contribution in [3.05, 3.63) is 11.1 Å². The summed E-state index contributed by atoms with van der Waals surface area (Å²) >= 11 is 1.28. The summed E-state index contributed by atoms with van der Waals surface area (Å²) in [6.07, 6.45) is 1.01. The van der Waals surface area contributed by atoms with Crippen LogP contribution in [0, 0.1) is 11.3 Å². The number of aromatic nitrogens is 1. The lowest BCUT2D eigenvalue weighted by molar-refractivity contribution is -0.160. The Labute approximate surface area is 150 Å². The standard InChI is InChI=1S/C17H24N2O5S/c1-10(2)4-5-22-7-11-6-17(13(20)23-11)9-16(3,24-14(17)21)12-8-25-15(18)19-12/h8,10-11H,4-7,9H2,1-3H3,(H2,18,19)/t11-,16+,17+/m0/s1. The number of anilines is 1. The van der Waals surface area contributed by atoms with Crippen LogP contribution in [0.4, 0.5) is 5.13 Å². The van der Waals surface area contributed by atoms with Crippen LogP contribution in [0.5, 0.6) is 0 Å². The molecule has 25 heavy (non-hydrogen) atoms. The van der Waals surface area contributed by atoms with E-state index in [1.54, 1.807) is 12.3 Å². The molecule has 138 valence electrons. The van der Waals surface area contributed by atoms with Crippen molar-refractivity contribution in [2.24, 2.45) is 11.3 Å². The van der Waals surface area contributed by atoms with Gasteiger partial charge in [-0.3, -0.25) is 9.59 Å². The first-order valence-electron chi connectivity index (χ1n) is 8.49. The lowest BCUT2D eigenvalue weighted by Crippen LogP contribution is -2.32. The molecule has 3 rings (SSSR count). The zero-order valence-corrected chi connectivity index (χ0v) is 15.6. The van der Waals surface area contributed by atoms with Gasteiger partial charge in [0.05, 0.1) is 12.3 Å². The first-order valence-corrected chi connectivity index (χ1v) is 9.37. The summed E-state index contributed by atoms with van der Waals surface area (Å²) in [5.74, 6) is -0.522. The molecule has 3 heterocycles. The maximum Gasteiger partial charge on any atom is 0.324 e. The Bertz CT molecular complexity index is 676. The van der Waals surface area contributed by atoms with E-state index in [1.807, 2.05) is 0 Å². The molecule has 2 fully saturated rings. The van der Waals surface area contributed by atoms with E-state index in [1.165, 1.54) is 11.3 Å². The molecule has 0 radical (unpaired) electrons. The third-order valence-corrected chi connectivity index (χ3v) is 5.47. The molecular weight excluding hydrogens is 344 g/mol. The molecule has 1 aromatic rings. The van der Waals surface area contributed by atoms with Crippen molar-refractivity contribution in [1.29, 1.82) is 0 Å². The molecule has 1 aromatic heterocycles. The molecule has 0 saturated carbocycles. The van der Waals surface area contributed by atoms with Gasteiger partial charge in [-0.1, -0.05) is 13.8 Å². The maximum atomic E-state index is 12.5. The number of rotatable bonds is 6. The average Bonchev–Trinajstić information content (AvgIpc) is 3.16. The highest BCUT2D eigenvalue weighted by Crippen LogP contribution is 2.52. The maximum absolute atomic E-state index is 12.5. The number of carbonyl (C=O) groups excluding carboxylic acids is 2. The fraction of sp³-hybridized carbons (Fsp3) is 0.706. The second-order valence-corrected chi connectivity index (χ2v) is 8.33. The van der Waals surface area contributed by atoms with Gasteiger partial charge in [0, 0.05) is 24.8 Å². The van der Waals surface area contributed by atoms with Crippen molar-refractivity contribution in [1.82, 2.24) is 4.98 Å². The van der Waals surface area contributed by atoms with Crippen molar-refractivity contribution in [3.63, 3.8) is 0 Å². The van der Waals surface area contributed by atoms with Crippen LogP contribution in [0.2, 0.25) is 0 Å². The van der Waals surface area contributed by atoms with Gasteiger partial charge in [-0.25, -0.2) is 4.98 Å². The quantitative estimate of drug-likeness (QED) is 0.467. The first kappa shape index (κ1) is 18.1. The summed E-state index contributed by atoms with van der Waals surface area (Å²) in [6, 6.07) is 0. The van der Waals surface area contributed by atoms with Crippen molar-refractivity contribution in [3.8, 4) is 0 Å². The van der Waals surface area contributed by atoms with Gasteiger partial charge in [0.1, 0.15) is 6.10 Å². The van der Waals surface area contributed by atoms with Gasteiger partial charge in [-0.15, -0.1) is 11.3 Å². The Morgan fingerprint density at radius 2 is 2.20 bits per heavy atom. The van der Waals surface area contributed by atoms with Crippen LogP contribution in [0.25, 0.3) is 0 Å². The molecular formula is C17H24N2O5S. The number of hydrogen-bond donors (Lipinski definition) is 1. The highest BCUT2D eigenvalue weighted by Gasteiger charge is 2.65. The number of cyclic esters (lactones) is 2. The molecule has 0 unspecified atom stereocenters. The minimum absolute atomic E-state index is 0.212. The normalized spacial score (nSPS) is 31.8. The molecule has 1 spiro atoms. The number of thiazole rings is 1. The molecule has 8 heteroatoms.